The van der Waals surface area contributed by atoms with Gasteiger partial charge < -0.3 is 15.6 Å². The Kier molecular flexibility index (Phi) is 5.43. The Morgan fingerprint density at radius 1 is 1.04 bits per heavy atom. The van der Waals surface area contributed by atoms with Gasteiger partial charge in [0.2, 0.25) is 17.6 Å². The highest BCUT2D eigenvalue weighted by Gasteiger charge is 2.18. The maximum atomic E-state index is 11.9. The van der Waals surface area contributed by atoms with E-state index < -0.39 is 6.04 Å². The highest BCUT2D eigenvalue weighted by Crippen LogP contribution is 2.23. The van der Waals surface area contributed by atoms with Gasteiger partial charge in [-0.25, -0.2) is 0 Å². The zero-order valence-electron chi connectivity index (χ0n) is 14.8. The molecule has 3 N–H and O–H groups in total. The van der Waals surface area contributed by atoms with Crippen molar-refractivity contribution in [3.05, 3.63) is 60.5 Å². The number of rotatable bonds is 6. The Labute approximate surface area is 152 Å². The van der Waals surface area contributed by atoms with Crippen LogP contribution in [0.3, 0.4) is 0 Å². The van der Waals surface area contributed by atoms with Crippen LogP contribution in [0.2, 0.25) is 0 Å². The van der Waals surface area contributed by atoms with Crippen LogP contribution in [0, 0.1) is 5.92 Å². The summed E-state index contributed by atoms with van der Waals surface area (Å²) in [5, 5.41) is 6.69. The fraction of sp³-hybridized carbons (Fsp3) is 0.250. The molecule has 26 heavy (non-hydrogen) atoms. The van der Waals surface area contributed by atoms with Gasteiger partial charge in [-0.15, -0.1) is 0 Å². The van der Waals surface area contributed by atoms with Gasteiger partial charge in [-0.1, -0.05) is 73.6 Å². The molecule has 0 spiro atoms. The molecule has 0 saturated carbocycles. The number of nitrogens with zero attached hydrogens (tertiary/aromatic N) is 2. The summed E-state index contributed by atoms with van der Waals surface area (Å²) in [7, 11) is 0. The minimum absolute atomic E-state index is 0.0661. The van der Waals surface area contributed by atoms with Gasteiger partial charge in [0.05, 0.1) is 12.6 Å². The van der Waals surface area contributed by atoms with Crippen molar-refractivity contribution < 1.29 is 9.32 Å². The van der Waals surface area contributed by atoms with Crippen molar-refractivity contribution in [2.75, 3.05) is 0 Å². The third kappa shape index (κ3) is 4.15. The number of nitrogens with two attached hydrogens (primary N) is 1. The minimum atomic E-state index is -0.553. The van der Waals surface area contributed by atoms with Gasteiger partial charge in [-0.05, 0) is 17.0 Å². The van der Waals surface area contributed by atoms with Crippen LogP contribution in [0.4, 0.5) is 0 Å². The predicted molar refractivity (Wildman–Crippen MR) is 99.8 cm³/mol. The quantitative estimate of drug-likeness (QED) is 0.713. The van der Waals surface area contributed by atoms with Crippen LogP contribution < -0.4 is 11.1 Å². The summed E-state index contributed by atoms with van der Waals surface area (Å²) in [4.78, 5) is 16.2. The molecule has 3 rings (SSSR count). The maximum Gasteiger partial charge on any atom is 0.246 e. The molecule has 0 unspecified atom stereocenters. The number of carbonyl (C=O) groups excluding carboxylic acids is 1. The van der Waals surface area contributed by atoms with Gasteiger partial charge in [-0.3, -0.25) is 4.79 Å². The first-order chi connectivity index (χ1) is 12.5. The van der Waals surface area contributed by atoms with E-state index in [1.54, 1.807) is 0 Å². The van der Waals surface area contributed by atoms with Crippen molar-refractivity contribution in [3.8, 4) is 22.5 Å². The average molecular weight is 350 g/mol. The molecule has 0 saturated heterocycles. The van der Waals surface area contributed by atoms with Gasteiger partial charge in [0.25, 0.3) is 0 Å². The third-order valence-electron chi connectivity index (χ3n) is 4.15. The second-order valence-electron chi connectivity index (χ2n) is 6.44. The van der Waals surface area contributed by atoms with Gasteiger partial charge in [0.1, 0.15) is 0 Å². The lowest BCUT2D eigenvalue weighted by molar-refractivity contribution is -0.123. The second kappa shape index (κ2) is 7.93. The number of amides is 1. The highest BCUT2D eigenvalue weighted by atomic mass is 16.5. The molecule has 1 amide bonds. The zero-order chi connectivity index (χ0) is 18.5. The molecule has 0 radical (unpaired) electrons. The molecule has 6 nitrogen and oxygen atoms in total. The van der Waals surface area contributed by atoms with Crippen molar-refractivity contribution in [3.63, 3.8) is 0 Å². The second-order valence-corrected chi connectivity index (χ2v) is 6.44. The predicted octanol–water partition coefficient (Wildman–Crippen LogP) is 3.00. The van der Waals surface area contributed by atoms with E-state index in [2.05, 4.69) is 27.6 Å². The molecular formula is C20H22N4O2. The van der Waals surface area contributed by atoms with E-state index in [-0.39, 0.29) is 18.4 Å². The Balaban J connectivity index is 1.65. The summed E-state index contributed by atoms with van der Waals surface area (Å²) in [6, 6.07) is 17.5. The van der Waals surface area contributed by atoms with E-state index in [9.17, 15) is 4.79 Å². The molecule has 1 aromatic heterocycles. The Hall–Kier alpha value is -2.99. The molecule has 0 aliphatic heterocycles. The minimum Gasteiger partial charge on any atom is -0.346 e. The molecule has 1 atom stereocenters. The van der Waals surface area contributed by atoms with Gasteiger partial charge >= 0.3 is 0 Å². The zero-order valence-corrected chi connectivity index (χ0v) is 14.8. The smallest absolute Gasteiger partial charge is 0.246 e. The summed E-state index contributed by atoms with van der Waals surface area (Å²) >= 11 is 0. The summed E-state index contributed by atoms with van der Waals surface area (Å²) in [5.41, 5.74) is 8.92. The number of hydrogen-bond acceptors (Lipinski definition) is 5. The molecule has 2 aromatic carbocycles. The lowest BCUT2D eigenvalue weighted by Gasteiger charge is -2.14. The number of nitrogens with one attached hydrogen (secondary N) is 1. The van der Waals surface area contributed by atoms with Gasteiger partial charge in [0.15, 0.2) is 0 Å². The molecule has 0 aliphatic rings. The molecule has 3 aromatic rings. The largest absolute Gasteiger partial charge is 0.346 e. The van der Waals surface area contributed by atoms with Crippen LogP contribution in [0.1, 0.15) is 19.7 Å². The van der Waals surface area contributed by atoms with Gasteiger partial charge in [0, 0.05) is 5.56 Å². The fourth-order valence-electron chi connectivity index (χ4n) is 2.47. The molecule has 6 heteroatoms. The summed E-state index contributed by atoms with van der Waals surface area (Å²) < 4.78 is 5.21. The number of hydrogen-bond donors (Lipinski definition) is 2. The van der Waals surface area contributed by atoms with E-state index in [0.29, 0.717) is 11.7 Å². The van der Waals surface area contributed by atoms with E-state index in [1.807, 2.05) is 56.3 Å². The van der Waals surface area contributed by atoms with Gasteiger partial charge in [-0.2, -0.15) is 4.98 Å². The Morgan fingerprint density at radius 3 is 2.31 bits per heavy atom. The van der Waals surface area contributed by atoms with Crippen LogP contribution in [-0.2, 0) is 11.3 Å². The lowest BCUT2D eigenvalue weighted by atomic mass is 10.0. The summed E-state index contributed by atoms with van der Waals surface area (Å²) in [5.74, 6) is 0.668. The maximum absolute atomic E-state index is 11.9. The van der Waals surface area contributed by atoms with E-state index >= 15 is 0 Å². The lowest BCUT2D eigenvalue weighted by Crippen LogP contribution is -2.43. The van der Waals surface area contributed by atoms with Crippen molar-refractivity contribution in [2.24, 2.45) is 11.7 Å². The molecule has 134 valence electrons. The first kappa shape index (κ1) is 17.8. The normalized spacial score (nSPS) is 12.2. The van der Waals surface area contributed by atoms with Crippen molar-refractivity contribution >= 4 is 5.91 Å². The fourth-order valence-corrected chi connectivity index (χ4v) is 2.47. The van der Waals surface area contributed by atoms with E-state index in [4.69, 9.17) is 10.3 Å². The summed E-state index contributed by atoms with van der Waals surface area (Å²) in [6.45, 7) is 3.96. The Bertz CT molecular complexity index is 857. The number of aromatic nitrogens is 2. The Morgan fingerprint density at radius 2 is 1.65 bits per heavy atom. The van der Waals surface area contributed by atoms with Crippen LogP contribution >= 0.6 is 0 Å². The van der Waals surface area contributed by atoms with Crippen LogP contribution in [0.5, 0.6) is 0 Å². The van der Waals surface area contributed by atoms with Crippen LogP contribution in [-0.4, -0.2) is 22.1 Å². The first-order valence-electron chi connectivity index (χ1n) is 8.56. The number of carbonyl (C=O) groups is 1. The molecule has 0 bridgehead atoms. The molecule has 1 heterocycles. The first-order valence-corrected chi connectivity index (χ1v) is 8.56. The standard InChI is InChI=1S/C20H22N4O2/c1-13(2)18(21)20(25)22-12-17-23-19(24-26-17)16-10-8-15(9-11-16)14-6-4-3-5-7-14/h3-11,13,18H,12,21H2,1-2H3,(H,22,25)/t18-/m0/s1. The third-order valence-corrected chi connectivity index (χ3v) is 4.15. The highest BCUT2D eigenvalue weighted by molar-refractivity contribution is 5.81. The van der Waals surface area contributed by atoms with E-state index in [1.165, 1.54) is 0 Å². The van der Waals surface area contributed by atoms with Crippen LogP contribution in [0.15, 0.2) is 59.1 Å². The summed E-state index contributed by atoms with van der Waals surface area (Å²) in [6.07, 6.45) is 0. The topological polar surface area (TPSA) is 94.0 Å². The van der Waals surface area contributed by atoms with Crippen molar-refractivity contribution in [1.82, 2.24) is 15.5 Å². The molecular weight excluding hydrogens is 328 g/mol. The molecule has 0 fully saturated rings. The van der Waals surface area contributed by atoms with E-state index in [0.717, 1.165) is 16.7 Å². The molecule has 0 aliphatic carbocycles. The monoisotopic (exact) mass is 350 g/mol. The number of benzene rings is 2. The van der Waals surface area contributed by atoms with Crippen molar-refractivity contribution in [2.45, 2.75) is 26.4 Å². The van der Waals surface area contributed by atoms with Crippen molar-refractivity contribution in [1.29, 1.82) is 0 Å². The SMILES string of the molecule is CC(C)[C@H](N)C(=O)NCc1nc(-c2ccc(-c3ccccc3)cc2)no1. The van der Waals surface area contributed by atoms with Crippen LogP contribution in [0.25, 0.3) is 22.5 Å². The average Bonchev–Trinajstić information content (AvgIpc) is 3.15.